The minimum absolute atomic E-state index is 0.270. The molecule has 2 aromatic carbocycles. The molecule has 1 atom stereocenters. The van der Waals surface area contributed by atoms with Gasteiger partial charge >= 0.3 is 5.97 Å². The van der Waals surface area contributed by atoms with Crippen LogP contribution in [0.4, 0.5) is 10.3 Å². The average molecular weight is 455 g/mol. The van der Waals surface area contributed by atoms with Gasteiger partial charge in [-0.15, -0.1) is 5.10 Å². The second-order valence-corrected chi connectivity index (χ2v) is 8.08. The predicted molar refractivity (Wildman–Crippen MR) is 120 cm³/mol. The van der Waals surface area contributed by atoms with Gasteiger partial charge in [0.25, 0.3) is 0 Å². The number of carbonyl (C=O) groups excluding carboxylic acids is 1. The zero-order valence-corrected chi connectivity index (χ0v) is 18.8. The molecule has 7 nitrogen and oxygen atoms in total. The Labute approximate surface area is 189 Å². The minimum atomic E-state index is -0.496. The summed E-state index contributed by atoms with van der Waals surface area (Å²) < 4.78 is 25.5. The molecule has 32 heavy (non-hydrogen) atoms. The molecule has 4 rings (SSSR count). The van der Waals surface area contributed by atoms with Gasteiger partial charge in [0.05, 0.1) is 19.3 Å². The van der Waals surface area contributed by atoms with E-state index in [9.17, 15) is 9.18 Å². The predicted octanol–water partition coefficient (Wildman–Crippen LogP) is 4.57. The quantitative estimate of drug-likeness (QED) is 0.414. The van der Waals surface area contributed by atoms with Crippen molar-refractivity contribution in [3.63, 3.8) is 0 Å². The van der Waals surface area contributed by atoms with Crippen molar-refractivity contribution in [3.05, 3.63) is 76.7 Å². The van der Waals surface area contributed by atoms with E-state index in [2.05, 4.69) is 15.4 Å². The number of fused-ring (bicyclic) bond motifs is 1. The highest BCUT2D eigenvalue weighted by molar-refractivity contribution is 7.98. The van der Waals surface area contributed by atoms with Crippen LogP contribution >= 0.6 is 11.8 Å². The molecule has 1 aliphatic heterocycles. The van der Waals surface area contributed by atoms with Gasteiger partial charge in [0, 0.05) is 11.4 Å². The van der Waals surface area contributed by atoms with Gasteiger partial charge in [-0.2, -0.15) is 4.98 Å². The highest BCUT2D eigenvalue weighted by Crippen LogP contribution is 2.37. The zero-order chi connectivity index (χ0) is 22.7. The number of benzene rings is 2. The number of nitrogens with zero attached hydrogens (tertiary/aromatic N) is 3. The molecular weight excluding hydrogens is 431 g/mol. The number of hydrogen-bond donors (Lipinski definition) is 1. The van der Waals surface area contributed by atoms with Crippen LogP contribution in [0.3, 0.4) is 0 Å². The standard InChI is InChI=1S/C23H23FN4O3S/c1-4-31-21(29)19-14(2)25-22-26-23(32-13-15-5-9-17(24)10-6-15)27-28(22)20(19)16-7-11-18(30-3)12-8-16/h5-12,20H,4,13H2,1-3H3,(H,25,26,27). The summed E-state index contributed by atoms with van der Waals surface area (Å²) in [6.45, 7) is 3.87. The van der Waals surface area contributed by atoms with Crippen LogP contribution < -0.4 is 10.1 Å². The average Bonchev–Trinajstić information content (AvgIpc) is 3.20. The van der Waals surface area contributed by atoms with Crippen LogP contribution in [0.2, 0.25) is 0 Å². The van der Waals surface area contributed by atoms with Crippen molar-refractivity contribution in [1.82, 2.24) is 14.8 Å². The molecule has 2 heterocycles. The molecule has 0 saturated carbocycles. The zero-order valence-electron chi connectivity index (χ0n) is 18.0. The second-order valence-electron chi connectivity index (χ2n) is 7.14. The third-order valence-electron chi connectivity index (χ3n) is 5.04. The van der Waals surface area contributed by atoms with E-state index < -0.39 is 12.0 Å². The summed E-state index contributed by atoms with van der Waals surface area (Å²) in [5.74, 6) is 1.18. The first-order chi connectivity index (χ1) is 15.5. The van der Waals surface area contributed by atoms with Crippen LogP contribution in [-0.4, -0.2) is 34.5 Å². The van der Waals surface area contributed by atoms with Crippen molar-refractivity contribution < 1.29 is 18.7 Å². The molecule has 0 aliphatic carbocycles. The highest BCUT2D eigenvalue weighted by atomic mass is 32.2. The summed E-state index contributed by atoms with van der Waals surface area (Å²) in [4.78, 5) is 17.4. The molecule has 0 amide bonds. The number of thioether (sulfide) groups is 1. The Balaban J connectivity index is 1.68. The van der Waals surface area contributed by atoms with Gasteiger partial charge in [-0.25, -0.2) is 13.9 Å². The molecule has 1 aliphatic rings. The first-order valence-corrected chi connectivity index (χ1v) is 11.1. The van der Waals surface area contributed by atoms with E-state index in [0.717, 1.165) is 16.9 Å². The summed E-state index contributed by atoms with van der Waals surface area (Å²) in [6, 6.07) is 13.3. The van der Waals surface area contributed by atoms with Crippen LogP contribution in [-0.2, 0) is 15.3 Å². The van der Waals surface area contributed by atoms with Crippen LogP contribution in [0.1, 0.15) is 31.0 Å². The molecule has 1 N–H and O–H groups in total. The number of nitrogens with one attached hydrogen (secondary N) is 1. The number of anilines is 1. The fraction of sp³-hybridized carbons (Fsp3) is 0.261. The van der Waals surface area contributed by atoms with Crippen LogP contribution in [0, 0.1) is 5.82 Å². The molecule has 166 valence electrons. The number of carbonyl (C=O) groups is 1. The number of methoxy groups -OCH3 is 1. The Bertz CT molecular complexity index is 1140. The van der Waals surface area contributed by atoms with Crippen LogP contribution in [0.15, 0.2) is 65.0 Å². The lowest BCUT2D eigenvalue weighted by atomic mass is 9.96. The van der Waals surface area contributed by atoms with E-state index in [1.807, 2.05) is 31.2 Å². The molecule has 0 bridgehead atoms. The van der Waals surface area contributed by atoms with Crippen molar-refractivity contribution in [2.24, 2.45) is 0 Å². The van der Waals surface area contributed by atoms with Crippen molar-refractivity contribution in [1.29, 1.82) is 0 Å². The second kappa shape index (κ2) is 9.44. The molecule has 3 aromatic rings. The Morgan fingerprint density at radius 3 is 2.56 bits per heavy atom. The van der Waals surface area contributed by atoms with Crippen molar-refractivity contribution >= 4 is 23.7 Å². The van der Waals surface area contributed by atoms with E-state index in [1.165, 1.54) is 23.9 Å². The molecule has 1 aromatic heterocycles. The number of allylic oxidation sites excluding steroid dienone is 1. The SMILES string of the molecule is CCOC(=O)C1=C(C)Nc2nc(SCc3ccc(F)cc3)nn2C1c1ccc(OC)cc1. The lowest BCUT2D eigenvalue weighted by Gasteiger charge is -2.28. The van der Waals surface area contributed by atoms with Crippen molar-refractivity contribution in [2.75, 3.05) is 19.0 Å². The van der Waals surface area contributed by atoms with E-state index in [4.69, 9.17) is 9.47 Å². The lowest BCUT2D eigenvalue weighted by molar-refractivity contribution is -0.139. The summed E-state index contributed by atoms with van der Waals surface area (Å²) in [6.07, 6.45) is 0. The summed E-state index contributed by atoms with van der Waals surface area (Å²) in [5.41, 5.74) is 2.96. The first-order valence-electron chi connectivity index (χ1n) is 10.1. The molecular formula is C23H23FN4O3S. The number of ether oxygens (including phenoxy) is 2. The largest absolute Gasteiger partial charge is 0.497 e. The maximum atomic E-state index is 13.2. The lowest BCUT2D eigenvalue weighted by Crippen LogP contribution is -2.29. The fourth-order valence-corrected chi connectivity index (χ4v) is 4.27. The third-order valence-corrected chi connectivity index (χ3v) is 5.95. The molecule has 9 heteroatoms. The Hall–Kier alpha value is -3.33. The van der Waals surface area contributed by atoms with Gasteiger partial charge in [-0.05, 0) is 49.2 Å². The highest BCUT2D eigenvalue weighted by Gasteiger charge is 2.35. The number of aromatic nitrogens is 3. The Morgan fingerprint density at radius 1 is 1.19 bits per heavy atom. The molecule has 0 fully saturated rings. The van der Waals surface area contributed by atoms with Crippen molar-refractivity contribution in [3.8, 4) is 5.75 Å². The summed E-state index contributed by atoms with van der Waals surface area (Å²) in [7, 11) is 1.60. The van der Waals surface area contributed by atoms with Gasteiger partial charge in [0.2, 0.25) is 11.1 Å². The van der Waals surface area contributed by atoms with Crippen molar-refractivity contribution in [2.45, 2.75) is 30.8 Å². The fourth-order valence-electron chi connectivity index (χ4n) is 3.49. The Morgan fingerprint density at radius 2 is 1.91 bits per heavy atom. The van der Waals surface area contributed by atoms with Crippen LogP contribution in [0.5, 0.6) is 5.75 Å². The summed E-state index contributed by atoms with van der Waals surface area (Å²) >= 11 is 1.44. The van der Waals surface area contributed by atoms with Gasteiger partial charge < -0.3 is 14.8 Å². The number of esters is 1. The molecule has 1 unspecified atom stereocenters. The third kappa shape index (κ3) is 4.47. The smallest absolute Gasteiger partial charge is 0.338 e. The number of halogens is 1. The van der Waals surface area contributed by atoms with Gasteiger partial charge in [-0.1, -0.05) is 36.0 Å². The first kappa shape index (κ1) is 21.9. The monoisotopic (exact) mass is 454 g/mol. The molecule has 0 radical (unpaired) electrons. The Kier molecular flexibility index (Phi) is 6.45. The van der Waals surface area contributed by atoms with Gasteiger partial charge in [0.15, 0.2) is 0 Å². The van der Waals surface area contributed by atoms with E-state index >= 15 is 0 Å². The van der Waals surface area contributed by atoms with E-state index in [-0.39, 0.29) is 12.4 Å². The number of hydrogen-bond acceptors (Lipinski definition) is 7. The normalized spacial score (nSPS) is 15.2. The van der Waals surface area contributed by atoms with E-state index in [1.54, 1.807) is 30.8 Å². The maximum Gasteiger partial charge on any atom is 0.338 e. The molecule has 0 saturated heterocycles. The number of rotatable bonds is 7. The van der Waals surface area contributed by atoms with E-state index in [0.29, 0.717) is 28.1 Å². The minimum Gasteiger partial charge on any atom is -0.497 e. The van der Waals surface area contributed by atoms with Gasteiger partial charge in [0.1, 0.15) is 17.6 Å². The van der Waals surface area contributed by atoms with Crippen LogP contribution in [0.25, 0.3) is 0 Å². The topological polar surface area (TPSA) is 78.3 Å². The molecule has 0 spiro atoms. The maximum absolute atomic E-state index is 13.2. The summed E-state index contributed by atoms with van der Waals surface area (Å²) in [5, 5.41) is 8.40. The van der Waals surface area contributed by atoms with Gasteiger partial charge in [-0.3, -0.25) is 0 Å².